The number of carbonyl (C=O) groups excluding carboxylic acids is 1. The molecule has 0 aliphatic carbocycles. The van der Waals surface area contributed by atoms with Crippen molar-refractivity contribution in [2.45, 2.75) is 57.7 Å². The van der Waals surface area contributed by atoms with Crippen LogP contribution in [0.25, 0.3) is 0 Å². The van der Waals surface area contributed by atoms with E-state index in [9.17, 15) is 4.79 Å². The van der Waals surface area contributed by atoms with Crippen LogP contribution in [0, 0.1) is 0 Å². The standard InChI is InChI=1S/C16H24N2O/c1-12-7-6-8-13(2)18(12)16(19)15(17)11-14-9-4-3-5-10-14/h3-5,9-10,12-13,15H,6-8,11,17H2,1-2H3/t12?,13?,15-/m0/s1. The van der Waals surface area contributed by atoms with E-state index in [1.54, 1.807) is 0 Å². The number of nitrogens with zero attached hydrogens (tertiary/aromatic N) is 1. The van der Waals surface area contributed by atoms with E-state index in [1.807, 2.05) is 35.2 Å². The summed E-state index contributed by atoms with van der Waals surface area (Å²) in [5.74, 6) is 0.101. The summed E-state index contributed by atoms with van der Waals surface area (Å²) < 4.78 is 0. The number of carbonyl (C=O) groups is 1. The summed E-state index contributed by atoms with van der Waals surface area (Å²) in [5.41, 5.74) is 7.24. The summed E-state index contributed by atoms with van der Waals surface area (Å²) in [5, 5.41) is 0. The molecule has 2 unspecified atom stereocenters. The zero-order valence-electron chi connectivity index (χ0n) is 11.9. The predicted molar refractivity (Wildman–Crippen MR) is 77.7 cm³/mol. The van der Waals surface area contributed by atoms with Gasteiger partial charge < -0.3 is 10.6 Å². The Labute approximate surface area is 115 Å². The molecule has 1 amide bonds. The molecule has 3 heteroatoms. The van der Waals surface area contributed by atoms with Gasteiger partial charge in [0.05, 0.1) is 6.04 Å². The predicted octanol–water partition coefficient (Wildman–Crippen LogP) is 2.35. The molecule has 0 spiro atoms. The van der Waals surface area contributed by atoms with Crippen LogP contribution in [0.15, 0.2) is 30.3 Å². The number of nitrogens with two attached hydrogens (primary N) is 1. The van der Waals surface area contributed by atoms with E-state index in [1.165, 1.54) is 6.42 Å². The Balaban J connectivity index is 2.02. The molecule has 1 aromatic carbocycles. The number of rotatable bonds is 3. The molecular weight excluding hydrogens is 236 g/mol. The van der Waals surface area contributed by atoms with Crippen LogP contribution in [0.1, 0.15) is 38.7 Å². The number of piperidine rings is 1. The van der Waals surface area contributed by atoms with Crippen LogP contribution in [-0.2, 0) is 11.2 Å². The van der Waals surface area contributed by atoms with Gasteiger partial charge in [-0.05, 0) is 45.1 Å². The zero-order valence-corrected chi connectivity index (χ0v) is 11.9. The number of amides is 1. The lowest BCUT2D eigenvalue weighted by Crippen LogP contribution is -2.54. The molecule has 0 saturated carbocycles. The molecule has 1 saturated heterocycles. The van der Waals surface area contributed by atoms with Crippen LogP contribution >= 0.6 is 0 Å². The molecule has 1 aromatic rings. The minimum Gasteiger partial charge on any atom is -0.336 e. The quantitative estimate of drug-likeness (QED) is 0.906. The first-order valence-electron chi connectivity index (χ1n) is 7.21. The van der Waals surface area contributed by atoms with Crippen LogP contribution in [0.3, 0.4) is 0 Å². The molecule has 1 heterocycles. The Bertz CT molecular complexity index is 408. The summed E-state index contributed by atoms with van der Waals surface area (Å²) in [7, 11) is 0. The molecule has 19 heavy (non-hydrogen) atoms. The van der Waals surface area contributed by atoms with Crippen molar-refractivity contribution in [3.05, 3.63) is 35.9 Å². The van der Waals surface area contributed by atoms with Gasteiger partial charge in [0.1, 0.15) is 0 Å². The maximum Gasteiger partial charge on any atom is 0.240 e. The van der Waals surface area contributed by atoms with Gasteiger partial charge in [0.2, 0.25) is 5.91 Å². The Hall–Kier alpha value is -1.35. The van der Waals surface area contributed by atoms with Crippen molar-refractivity contribution in [2.24, 2.45) is 5.73 Å². The number of hydrogen-bond donors (Lipinski definition) is 1. The molecule has 3 nitrogen and oxygen atoms in total. The van der Waals surface area contributed by atoms with E-state index in [4.69, 9.17) is 5.73 Å². The molecule has 1 aliphatic rings. The fourth-order valence-corrected chi connectivity index (χ4v) is 3.00. The summed E-state index contributed by atoms with van der Waals surface area (Å²) in [4.78, 5) is 14.5. The molecule has 0 radical (unpaired) electrons. The van der Waals surface area contributed by atoms with Crippen molar-refractivity contribution in [3.63, 3.8) is 0 Å². The first-order valence-corrected chi connectivity index (χ1v) is 7.21. The summed E-state index contributed by atoms with van der Waals surface area (Å²) in [6.45, 7) is 4.26. The van der Waals surface area contributed by atoms with Crippen molar-refractivity contribution < 1.29 is 4.79 Å². The molecule has 104 valence electrons. The van der Waals surface area contributed by atoms with Crippen LogP contribution in [0.2, 0.25) is 0 Å². The lowest BCUT2D eigenvalue weighted by atomic mass is 9.95. The van der Waals surface area contributed by atoms with E-state index in [0.717, 1.165) is 18.4 Å². The summed E-state index contributed by atoms with van der Waals surface area (Å²) in [6.07, 6.45) is 4.01. The smallest absolute Gasteiger partial charge is 0.240 e. The number of likely N-dealkylation sites (tertiary alicyclic amines) is 1. The van der Waals surface area contributed by atoms with E-state index in [2.05, 4.69) is 13.8 Å². The second-order valence-corrected chi connectivity index (χ2v) is 5.67. The zero-order chi connectivity index (χ0) is 13.8. The monoisotopic (exact) mass is 260 g/mol. The fraction of sp³-hybridized carbons (Fsp3) is 0.562. The van der Waals surface area contributed by atoms with Crippen molar-refractivity contribution in [2.75, 3.05) is 0 Å². The Morgan fingerprint density at radius 2 is 1.84 bits per heavy atom. The lowest BCUT2D eigenvalue weighted by Gasteiger charge is -2.40. The topological polar surface area (TPSA) is 46.3 Å². The normalized spacial score (nSPS) is 25.1. The van der Waals surface area contributed by atoms with Gasteiger partial charge in [-0.3, -0.25) is 4.79 Å². The highest BCUT2D eigenvalue weighted by atomic mass is 16.2. The third-order valence-corrected chi connectivity index (χ3v) is 4.06. The molecule has 3 atom stereocenters. The van der Waals surface area contributed by atoms with Gasteiger partial charge in [-0.25, -0.2) is 0 Å². The minimum absolute atomic E-state index is 0.101. The lowest BCUT2D eigenvalue weighted by molar-refractivity contribution is -0.138. The molecule has 2 N–H and O–H groups in total. The fourth-order valence-electron chi connectivity index (χ4n) is 3.00. The Kier molecular flexibility index (Phi) is 4.59. The maximum atomic E-state index is 12.5. The van der Waals surface area contributed by atoms with Gasteiger partial charge in [-0.15, -0.1) is 0 Å². The average molecular weight is 260 g/mol. The highest BCUT2D eigenvalue weighted by molar-refractivity contribution is 5.82. The van der Waals surface area contributed by atoms with Crippen molar-refractivity contribution in [1.29, 1.82) is 0 Å². The second kappa shape index (κ2) is 6.20. The van der Waals surface area contributed by atoms with E-state index < -0.39 is 6.04 Å². The van der Waals surface area contributed by atoms with Crippen LogP contribution in [0.4, 0.5) is 0 Å². The van der Waals surface area contributed by atoms with E-state index in [-0.39, 0.29) is 5.91 Å². The maximum absolute atomic E-state index is 12.5. The van der Waals surface area contributed by atoms with Gasteiger partial charge in [0.25, 0.3) is 0 Å². The molecule has 2 rings (SSSR count). The van der Waals surface area contributed by atoms with Gasteiger partial charge in [-0.2, -0.15) is 0 Å². The summed E-state index contributed by atoms with van der Waals surface area (Å²) >= 11 is 0. The Morgan fingerprint density at radius 1 is 1.26 bits per heavy atom. The number of benzene rings is 1. The Morgan fingerprint density at radius 3 is 2.42 bits per heavy atom. The third-order valence-electron chi connectivity index (χ3n) is 4.06. The van der Waals surface area contributed by atoms with E-state index in [0.29, 0.717) is 18.5 Å². The van der Waals surface area contributed by atoms with Gasteiger partial charge in [-0.1, -0.05) is 30.3 Å². The number of hydrogen-bond acceptors (Lipinski definition) is 2. The SMILES string of the molecule is CC1CCCC(C)N1C(=O)[C@@H](N)Cc1ccccc1. The molecule has 0 bridgehead atoms. The van der Waals surface area contributed by atoms with E-state index >= 15 is 0 Å². The first kappa shape index (κ1) is 14.1. The van der Waals surface area contributed by atoms with Crippen molar-refractivity contribution in [1.82, 2.24) is 4.90 Å². The van der Waals surface area contributed by atoms with Crippen molar-refractivity contribution >= 4 is 5.91 Å². The van der Waals surface area contributed by atoms with Crippen LogP contribution < -0.4 is 5.73 Å². The molecule has 1 aliphatic heterocycles. The third kappa shape index (κ3) is 3.35. The first-order chi connectivity index (χ1) is 9.09. The minimum atomic E-state index is -0.426. The summed E-state index contributed by atoms with van der Waals surface area (Å²) in [6, 6.07) is 10.2. The highest BCUT2D eigenvalue weighted by Gasteiger charge is 2.31. The van der Waals surface area contributed by atoms with Gasteiger partial charge in [0, 0.05) is 12.1 Å². The highest BCUT2D eigenvalue weighted by Crippen LogP contribution is 2.23. The largest absolute Gasteiger partial charge is 0.336 e. The van der Waals surface area contributed by atoms with Crippen LogP contribution in [0.5, 0.6) is 0 Å². The molecule has 1 fully saturated rings. The van der Waals surface area contributed by atoms with Gasteiger partial charge in [0.15, 0.2) is 0 Å². The molecular formula is C16H24N2O. The second-order valence-electron chi connectivity index (χ2n) is 5.67. The molecule has 0 aromatic heterocycles. The average Bonchev–Trinajstić information content (AvgIpc) is 2.39. The van der Waals surface area contributed by atoms with Crippen molar-refractivity contribution in [3.8, 4) is 0 Å². The van der Waals surface area contributed by atoms with Gasteiger partial charge >= 0.3 is 0 Å². The van der Waals surface area contributed by atoms with Crippen LogP contribution in [-0.4, -0.2) is 28.9 Å².